The number of rotatable bonds is 8. The molecular weight excluding hydrogens is 416 g/mol. The molecule has 0 atom stereocenters. The first-order valence-electron chi connectivity index (χ1n) is 10.7. The smallest absolute Gasteiger partial charge is 0.258 e. The van der Waals surface area contributed by atoms with Crippen molar-refractivity contribution in [2.45, 2.75) is 19.4 Å². The van der Waals surface area contributed by atoms with E-state index in [9.17, 15) is 9.59 Å². The van der Waals surface area contributed by atoms with Gasteiger partial charge in [0.2, 0.25) is 11.7 Å². The van der Waals surface area contributed by atoms with Crippen LogP contribution in [0, 0.1) is 0 Å². The number of nitrogens with one attached hydrogen (secondary N) is 1. The Kier molecular flexibility index (Phi) is 6.84. The summed E-state index contributed by atoms with van der Waals surface area (Å²) in [5.74, 6) is 0.269. The van der Waals surface area contributed by atoms with Crippen molar-refractivity contribution in [2.75, 3.05) is 17.3 Å². The van der Waals surface area contributed by atoms with Crippen molar-refractivity contribution < 1.29 is 9.59 Å². The number of aromatic nitrogens is 4. The van der Waals surface area contributed by atoms with Crippen LogP contribution in [0.5, 0.6) is 0 Å². The molecule has 2 amide bonds. The van der Waals surface area contributed by atoms with Gasteiger partial charge in [-0.2, -0.15) is 4.80 Å². The Bertz CT molecular complexity index is 1220. The lowest BCUT2D eigenvalue weighted by Crippen LogP contribution is -2.26. The highest BCUT2D eigenvalue weighted by molar-refractivity contribution is 6.06. The minimum Gasteiger partial charge on any atom is -0.326 e. The standard InChI is InChI=1S/C25H24N6O2/c1-30(22-14-6-3-7-15-22)25(33)20-12-8-13-21(18-20)26-23(32)16-9-17-31-28-24(27-29-31)19-10-4-2-5-11-19/h2-8,10-15,18H,9,16-17H2,1H3,(H,26,32). The van der Waals surface area contributed by atoms with Crippen molar-refractivity contribution in [1.29, 1.82) is 0 Å². The van der Waals surface area contributed by atoms with Crippen LogP contribution in [0.2, 0.25) is 0 Å². The molecule has 4 rings (SSSR count). The summed E-state index contributed by atoms with van der Waals surface area (Å²) in [7, 11) is 1.73. The van der Waals surface area contributed by atoms with E-state index in [1.54, 1.807) is 36.2 Å². The van der Waals surface area contributed by atoms with Crippen molar-refractivity contribution in [2.24, 2.45) is 0 Å². The van der Waals surface area contributed by atoms with Crippen LogP contribution in [-0.2, 0) is 11.3 Å². The Morgan fingerprint density at radius 3 is 2.42 bits per heavy atom. The fourth-order valence-corrected chi connectivity index (χ4v) is 3.34. The second-order valence-corrected chi connectivity index (χ2v) is 7.51. The van der Waals surface area contributed by atoms with Gasteiger partial charge in [0.15, 0.2) is 0 Å². The van der Waals surface area contributed by atoms with E-state index in [0.29, 0.717) is 36.5 Å². The molecule has 0 saturated carbocycles. The first-order chi connectivity index (χ1) is 16.1. The predicted octanol–water partition coefficient (Wildman–Crippen LogP) is 4.04. The number of tetrazole rings is 1. The normalized spacial score (nSPS) is 10.6. The molecule has 8 nitrogen and oxygen atoms in total. The number of anilines is 2. The monoisotopic (exact) mass is 440 g/mol. The topological polar surface area (TPSA) is 93.0 Å². The summed E-state index contributed by atoms with van der Waals surface area (Å²) in [6, 6.07) is 26.0. The highest BCUT2D eigenvalue weighted by Gasteiger charge is 2.14. The van der Waals surface area contributed by atoms with Crippen LogP contribution >= 0.6 is 0 Å². The van der Waals surface area contributed by atoms with Crippen LogP contribution in [0.3, 0.4) is 0 Å². The molecule has 0 aliphatic carbocycles. The number of para-hydroxylation sites is 1. The van der Waals surface area contributed by atoms with Gasteiger partial charge < -0.3 is 10.2 Å². The number of nitrogens with zero attached hydrogens (tertiary/aromatic N) is 5. The second kappa shape index (κ2) is 10.3. The molecule has 0 radical (unpaired) electrons. The summed E-state index contributed by atoms with van der Waals surface area (Å²) in [6.45, 7) is 0.480. The lowest BCUT2D eigenvalue weighted by molar-refractivity contribution is -0.116. The Morgan fingerprint density at radius 2 is 1.67 bits per heavy atom. The molecule has 166 valence electrons. The molecule has 4 aromatic rings. The lowest BCUT2D eigenvalue weighted by Gasteiger charge is -2.17. The van der Waals surface area contributed by atoms with Crippen LogP contribution in [-0.4, -0.2) is 39.1 Å². The zero-order valence-corrected chi connectivity index (χ0v) is 18.3. The van der Waals surface area contributed by atoms with E-state index in [1.165, 1.54) is 4.80 Å². The minimum absolute atomic E-state index is 0.139. The van der Waals surface area contributed by atoms with E-state index in [0.717, 1.165) is 11.3 Å². The maximum absolute atomic E-state index is 12.8. The number of carbonyl (C=O) groups is 2. The fourth-order valence-electron chi connectivity index (χ4n) is 3.34. The average Bonchev–Trinajstić information content (AvgIpc) is 3.33. The average molecular weight is 441 g/mol. The second-order valence-electron chi connectivity index (χ2n) is 7.51. The summed E-state index contributed by atoms with van der Waals surface area (Å²) in [4.78, 5) is 28.3. The summed E-state index contributed by atoms with van der Waals surface area (Å²) >= 11 is 0. The summed E-state index contributed by atoms with van der Waals surface area (Å²) < 4.78 is 0. The quantitative estimate of drug-likeness (QED) is 0.446. The maximum Gasteiger partial charge on any atom is 0.258 e. The van der Waals surface area contributed by atoms with Crippen molar-refractivity contribution >= 4 is 23.2 Å². The number of aryl methyl sites for hydroxylation is 1. The molecular formula is C25H24N6O2. The molecule has 8 heteroatoms. The SMILES string of the molecule is CN(C(=O)c1cccc(NC(=O)CCCn2nnc(-c3ccccc3)n2)c1)c1ccccc1. The van der Waals surface area contributed by atoms with E-state index < -0.39 is 0 Å². The Balaban J connectivity index is 1.29. The van der Waals surface area contributed by atoms with E-state index in [2.05, 4.69) is 20.7 Å². The molecule has 1 N–H and O–H groups in total. The summed E-state index contributed by atoms with van der Waals surface area (Å²) in [5.41, 5.74) is 2.78. The van der Waals surface area contributed by atoms with Gasteiger partial charge in [-0.15, -0.1) is 10.2 Å². The molecule has 0 spiro atoms. The number of hydrogen-bond donors (Lipinski definition) is 1. The van der Waals surface area contributed by atoms with Gasteiger partial charge in [0.1, 0.15) is 0 Å². The zero-order valence-electron chi connectivity index (χ0n) is 18.3. The van der Waals surface area contributed by atoms with Gasteiger partial charge in [-0.1, -0.05) is 54.6 Å². The predicted molar refractivity (Wildman–Crippen MR) is 127 cm³/mol. The summed E-state index contributed by atoms with van der Waals surface area (Å²) in [5, 5.41) is 15.3. The van der Waals surface area contributed by atoms with Crippen LogP contribution in [0.1, 0.15) is 23.2 Å². The van der Waals surface area contributed by atoms with Crippen LogP contribution < -0.4 is 10.2 Å². The van der Waals surface area contributed by atoms with E-state index >= 15 is 0 Å². The van der Waals surface area contributed by atoms with Crippen molar-refractivity contribution in [3.63, 3.8) is 0 Å². The van der Waals surface area contributed by atoms with Crippen LogP contribution in [0.4, 0.5) is 11.4 Å². The Hall–Kier alpha value is -4.33. The number of hydrogen-bond acceptors (Lipinski definition) is 5. The van der Waals surface area contributed by atoms with Gasteiger partial charge >= 0.3 is 0 Å². The fraction of sp³-hybridized carbons (Fsp3) is 0.160. The molecule has 3 aromatic carbocycles. The number of benzene rings is 3. The third kappa shape index (κ3) is 5.68. The first kappa shape index (κ1) is 21.9. The van der Waals surface area contributed by atoms with Crippen molar-refractivity contribution in [1.82, 2.24) is 20.2 Å². The minimum atomic E-state index is -0.149. The molecule has 0 fully saturated rings. The van der Waals surface area contributed by atoms with Gasteiger partial charge in [-0.05, 0) is 42.0 Å². The molecule has 0 aliphatic heterocycles. The van der Waals surface area contributed by atoms with Gasteiger partial charge in [0.05, 0.1) is 6.54 Å². The third-order valence-corrected chi connectivity index (χ3v) is 5.09. The van der Waals surface area contributed by atoms with E-state index in [-0.39, 0.29) is 11.8 Å². The number of amides is 2. The van der Waals surface area contributed by atoms with Gasteiger partial charge in [-0.3, -0.25) is 9.59 Å². The van der Waals surface area contributed by atoms with Crippen molar-refractivity contribution in [3.8, 4) is 11.4 Å². The van der Waals surface area contributed by atoms with Gasteiger partial charge in [0.25, 0.3) is 5.91 Å². The van der Waals surface area contributed by atoms with E-state index in [1.807, 2.05) is 60.7 Å². The Morgan fingerprint density at radius 1 is 0.939 bits per heavy atom. The molecule has 33 heavy (non-hydrogen) atoms. The molecule has 0 aliphatic rings. The first-order valence-corrected chi connectivity index (χ1v) is 10.7. The lowest BCUT2D eigenvalue weighted by atomic mass is 10.1. The van der Waals surface area contributed by atoms with Crippen LogP contribution in [0.25, 0.3) is 11.4 Å². The van der Waals surface area contributed by atoms with E-state index in [4.69, 9.17) is 0 Å². The largest absolute Gasteiger partial charge is 0.326 e. The summed E-state index contributed by atoms with van der Waals surface area (Å²) in [6.07, 6.45) is 0.857. The van der Waals surface area contributed by atoms with Gasteiger partial charge in [0, 0.05) is 36.0 Å². The molecule has 1 aromatic heterocycles. The van der Waals surface area contributed by atoms with Crippen molar-refractivity contribution in [3.05, 3.63) is 90.5 Å². The van der Waals surface area contributed by atoms with Gasteiger partial charge in [-0.25, -0.2) is 0 Å². The maximum atomic E-state index is 12.8. The molecule has 0 bridgehead atoms. The highest BCUT2D eigenvalue weighted by atomic mass is 16.2. The van der Waals surface area contributed by atoms with Crippen LogP contribution in [0.15, 0.2) is 84.9 Å². The zero-order chi connectivity index (χ0) is 23.0. The third-order valence-electron chi connectivity index (χ3n) is 5.09. The number of carbonyl (C=O) groups excluding carboxylic acids is 2. The molecule has 1 heterocycles. The highest BCUT2D eigenvalue weighted by Crippen LogP contribution is 2.18. The Labute approximate surface area is 191 Å². The molecule has 0 saturated heterocycles. The molecule has 0 unspecified atom stereocenters.